The Morgan fingerprint density at radius 2 is 2.17 bits per heavy atom. The number of halogens is 2. The van der Waals surface area contributed by atoms with Gasteiger partial charge in [0.25, 0.3) is 0 Å². The third kappa shape index (κ3) is 3.16. The van der Waals surface area contributed by atoms with Crippen molar-refractivity contribution in [1.82, 2.24) is 20.2 Å². The Morgan fingerprint density at radius 3 is 2.90 bits per heavy atom. The van der Waals surface area contributed by atoms with Gasteiger partial charge in [0.1, 0.15) is 5.82 Å². The van der Waals surface area contributed by atoms with Gasteiger partial charge < -0.3 is 20.9 Å². The maximum Gasteiger partial charge on any atom is 0.240 e. The number of amides is 1. The fourth-order valence-corrected chi connectivity index (χ4v) is 4.83. The number of hydrogen-bond donors (Lipinski definition) is 3. The summed E-state index contributed by atoms with van der Waals surface area (Å²) >= 11 is 13.0. The lowest BCUT2D eigenvalue weighted by Crippen LogP contribution is -2.45. The number of aromatic nitrogens is 2. The fraction of sp³-hybridized carbons (Fsp3) is 0.333. The van der Waals surface area contributed by atoms with Crippen molar-refractivity contribution in [2.24, 2.45) is 0 Å². The molecule has 0 unspecified atom stereocenters. The first-order valence-corrected chi connectivity index (χ1v) is 10.5. The lowest BCUT2D eigenvalue weighted by molar-refractivity contribution is -0.134. The van der Waals surface area contributed by atoms with Crippen molar-refractivity contribution < 1.29 is 4.79 Å². The van der Waals surface area contributed by atoms with E-state index in [1.54, 1.807) is 12.3 Å². The fourth-order valence-electron chi connectivity index (χ4n) is 4.43. The monoisotopic (exact) mass is 429 g/mol. The highest BCUT2D eigenvalue weighted by Crippen LogP contribution is 2.42. The summed E-state index contributed by atoms with van der Waals surface area (Å²) in [5, 5.41) is 5.29. The molecule has 2 aliphatic heterocycles. The predicted octanol–water partition coefficient (Wildman–Crippen LogP) is 3.76. The number of pyridine rings is 1. The van der Waals surface area contributed by atoms with Gasteiger partial charge in [0, 0.05) is 47.9 Å². The Labute approximate surface area is 178 Å². The van der Waals surface area contributed by atoms with E-state index in [2.05, 4.69) is 15.3 Å². The summed E-state index contributed by atoms with van der Waals surface area (Å²) in [6.07, 6.45) is 4.45. The zero-order valence-electron chi connectivity index (χ0n) is 15.8. The average Bonchev–Trinajstić information content (AvgIpc) is 3.39. The van der Waals surface area contributed by atoms with E-state index in [1.807, 2.05) is 17.0 Å². The minimum absolute atomic E-state index is 0.0689. The lowest BCUT2D eigenvalue weighted by atomic mass is 9.96. The summed E-state index contributed by atoms with van der Waals surface area (Å²) in [7, 11) is 0. The first kappa shape index (κ1) is 18.7. The van der Waals surface area contributed by atoms with Crippen LogP contribution in [0, 0.1) is 0 Å². The van der Waals surface area contributed by atoms with Gasteiger partial charge >= 0.3 is 0 Å². The molecule has 29 heavy (non-hydrogen) atoms. The molecule has 2 aliphatic rings. The van der Waals surface area contributed by atoms with Crippen molar-refractivity contribution in [3.63, 3.8) is 0 Å². The van der Waals surface area contributed by atoms with Crippen molar-refractivity contribution in [2.45, 2.75) is 31.8 Å². The Balaban J connectivity index is 1.63. The number of carbonyl (C=O) groups excluding carboxylic acids is 1. The first-order chi connectivity index (χ1) is 14.0. The van der Waals surface area contributed by atoms with Crippen LogP contribution < -0.4 is 11.1 Å². The number of nitrogens with one attached hydrogen (secondary N) is 2. The zero-order valence-corrected chi connectivity index (χ0v) is 17.3. The molecule has 150 valence electrons. The second-order valence-electron chi connectivity index (χ2n) is 7.68. The van der Waals surface area contributed by atoms with E-state index in [0.717, 1.165) is 59.1 Å². The minimum Gasteiger partial charge on any atom is -0.384 e. The number of aromatic amines is 1. The number of nitrogens with two attached hydrogens (primary N) is 1. The molecule has 0 spiro atoms. The summed E-state index contributed by atoms with van der Waals surface area (Å²) < 4.78 is 0. The molecule has 2 aromatic heterocycles. The lowest BCUT2D eigenvalue weighted by Gasteiger charge is -2.29. The van der Waals surface area contributed by atoms with Crippen molar-refractivity contribution in [1.29, 1.82) is 0 Å². The number of anilines is 1. The number of rotatable bonds is 2. The second-order valence-corrected chi connectivity index (χ2v) is 8.47. The normalized spacial score (nSPS) is 19.0. The van der Waals surface area contributed by atoms with Gasteiger partial charge in [-0.05, 0) is 43.1 Å². The van der Waals surface area contributed by atoms with Crippen molar-refractivity contribution in [3.8, 4) is 11.1 Å². The van der Waals surface area contributed by atoms with E-state index in [9.17, 15) is 4.79 Å². The molecule has 1 atom stereocenters. The molecule has 0 bridgehead atoms. The highest BCUT2D eigenvalue weighted by molar-refractivity contribution is 6.45. The maximum absolute atomic E-state index is 13.0. The van der Waals surface area contributed by atoms with Crippen molar-refractivity contribution >= 4 is 45.8 Å². The summed E-state index contributed by atoms with van der Waals surface area (Å²) in [5.41, 5.74) is 10.6. The highest BCUT2D eigenvalue weighted by atomic mass is 35.5. The Bertz CT molecular complexity index is 1100. The molecule has 6 nitrogen and oxygen atoms in total. The van der Waals surface area contributed by atoms with E-state index in [1.165, 1.54) is 0 Å². The van der Waals surface area contributed by atoms with Gasteiger partial charge in [0.15, 0.2) is 0 Å². The maximum atomic E-state index is 13.0. The standard InChI is InChI=1S/C21H21Cl2N5O/c22-14-8-12(11-3-4-17(24)26-9-11)18-13-10-28(21(29)16-2-1-6-25-16)7-5-15(13)27-20(18)19(14)23/h3-4,8-9,16,25,27H,1-2,5-7,10H2,(H2,24,26)/t16-/m0/s1. The summed E-state index contributed by atoms with van der Waals surface area (Å²) in [5.74, 6) is 0.639. The smallest absolute Gasteiger partial charge is 0.240 e. The molecule has 4 heterocycles. The molecular formula is C21H21Cl2N5O. The second kappa shape index (κ2) is 7.20. The Morgan fingerprint density at radius 1 is 1.31 bits per heavy atom. The van der Waals surface area contributed by atoms with Crippen LogP contribution in [0.1, 0.15) is 24.1 Å². The average molecular weight is 430 g/mol. The number of carbonyl (C=O) groups is 1. The molecule has 0 saturated carbocycles. The zero-order chi connectivity index (χ0) is 20.1. The van der Waals surface area contributed by atoms with Gasteiger partial charge in [-0.3, -0.25) is 4.79 Å². The summed E-state index contributed by atoms with van der Waals surface area (Å²) in [6.45, 7) is 2.16. The van der Waals surface area contributed by atoms with Gasteiger partial charge in [0.2, 0.25) is 5.91 Å². The number of H-pyrrole nitrogens is 1. The largest absolute Gasteiger partial charge is 0.384 e. The van der Waals surface area contributed by atoms with Crippen LogP contribution in [0.25, 0.3) is 22.0 Å². The van der Waals surface area contributed by atoms with E-state index < -0.39 is 0 Å². The van der Waals surface area contributed by atoms with E-state index in [0.29, 0.717) is 29.0 Å². The van der Waals surface area contributed by atoms with Crippen LogP contribution in [-0.2, 0) is 17.8 Å². The van der Waals surface area contributed by atoms with Gasteiger partial charge in [0.05, 0.1) is 21.6 Å². The predicted molar refractivity (Wildman–Crippen MR) is 116 cm³/mol. The van der Waals surface area contributed by atoms with Crippen LogP contribution in [0.3, 0.4) is 0 Å². The molecule has 1 amide bonds. The third-order valence-electron chi connectivity index (χ3n) is 5.91. The molecule has 1 aromatic carbocycles. The third-order valence-corrected chi connectivity index (χ3v) is 6.70. The summed E-state index contributed by atoms with van der Waals surface area (Å²) in [4.78, 5) is 22.6. The molecule has 0 radical (unpaired) electrons. The SMILES string of the molecule is Nc1ccc(-c2cc(Cl)c(Cl)c3[nH]c4c(c23)CN(C(=O)[C@@H]2CCCN2)CC4)cn1. The molecule has 4 N–H and O–H groups in total. The molecule has 1 fully saturated rings. The number of fused-ring (bicyclic) bond motifs is 3. The van der Waals surface area contributed by atoms with Gasteiger partial charge in [-0.25, -0.2) is 4.98 Å². The Hall–Kier alpha value is -2.28. The molecule has 5 rings (SSSR count). The van der Waals surface area contributed by atoms with Crippen LogP contribution in [0.15, 0.2) is 24.4 Å². The van der Waals surface area contributed by atoms with Gasteiger partial charge in [-0.2, -0.15) is 0 Å². The van der Waals surface area contributed by atoms with E-state index >= 15 is 0 Å². The van der Waals surface area contributed by atoms with Gasteiger partial charge in [-0.15, -0.1) is 0 Å². The molecule has 0 aliphatic carbocycles. The highest BCUT2D eigenvalue weighted by Gasteiger charge is 2.31. The number of hydrogen-bond acceptors (Lipinski definition) is 4. The van der Waals surface area contributed by atoms with E-state index in [-0.39, 0.29) is 11.9 Å². The van der Waals surface area contributed by atoms with Crippen molar-refractivity contribution in [3.05, 3.63) is 45.7 Å². The quantitative estimate of drug-likeness (QED) is 0.578. The van der Waals surface area contributed by atoms with Gasteiger partial charge in [-0.1, -0.05) is 23.2 Å². The van der Waals surface area contributed by atoms with Crippen LogP contribution in [-0.4, -0.2) is 39.9 Å². The van der Waals surface area contributed by atoms with E-state index in [4.69, 9.17) is 28.9 Å². The minimum atomic E-state index is -0.0689. The number of benzene rings is 1. The molecule has 1 saturated heterocycles. The van der Waals surface area contributed by atoms with Crippen LogP contribution in [0.4, 0.5) is 5.82 Å². The first-order valence-electron chi connectivity index (χ1n) is 9.78. The molecular weight excluding hydrogens is 409 g/mol. The van der Waals surface area contributed by atoms with Crippen LogP contribution in [0.2, 0.25) is 10.0 Å². The topological polar surface area (TPSA) is 87.0 Å². The molecule has 8 heteroatoms. The Kier molecular flexibility index (Phi) is 4.65. The number of nitrogens with zero attached hydrogens (tertiary/aromatic N) is 2. The molecule has 3 aromatic rings. The van der Waals surface area contributed by atoms with Crippen LogP contribution >= 0.6 is 23.2 Å². The number of nitrogen functional groups attached to an aromatic ring is 1. The van der Waals surface area contributed by atoms with Crippen LogP contribution in [0.5, 0.6) is 0 Å². The summed E-state index contributed by atoms with van der Waals surface area (Å²) in [6, 6.07) is 5.49. The van der Waals surface area contributed by atoms with Crippen molar-refractivity contribution in [2.75, 3.05) is 18.8 Å².